The molecule has 0 unspecified atom stereocenters. The zero-order valence-corrected chi connectivity index (χ0v) is 15.4. The fourth-order valence-electron chi connectivity index (χ4n) is 3.22. The molecule has 0 bridgehead atoms. The van der Waals surface area contributed by atoms with E-state index < -0.39 is 36.7 Å². The molecular formula is C18H24BF2NO3. The molecule has 2 fully saturated rings. The molecule has 0 N–H and O–H groups in total. The van der Waals surface area contributed by atoms with Crippen LogP contribution >= 0.6 is 0 Å². The van der Waals surface area contributed by atoms with Gasteiger partial charge in [-0.1, -0.05) is 17.7 Å². The van der Waals surface area contributed by atoms with Crippen LogP contribution < -0.4 is 5.46 Å². The number of hydrogen-bond donors (Lipinski definition) is 0. The first-order chi connectivity index (χ1) is 11.4. The lowest BCUT2D eigenvalue weighted by molar-refractivity contribution is 0.00578. The standard InChI is InChI=1S/C18H24BF2NO3/c1-12-7-6-8-13(15(23)22-10-9-18(20,21)11-22)14(12)19-24-16(2,3)17(4,5)25-19/h6-8H,9-11H2,1-5H3. The fraction of sp³-hybridized carbons (Fsp3) is 0.611. The average molecular weight is 351 g/mol. The van der Waals surface area contributed by atoms with Gasteiger partial charge in [-0.3, -0.25) is 4.79 Å². The van der Waals surface area contributed by atoms with Crippen LogP contribution in [0.1, 0.15) is 50.0 Å². The van der Waals surface area contributed by atoms with Gasteiger partial charge in [0.2, 0.25) is 0 Å². The Kier molecular flexibility index (Phi) is 4.24. The molecule has 2 aliphatic heterocycles. The van der Waals surface area contributed by atoms with Crippen LogP contribution in [-0.2, 0) is 9.31 Å². The van der Waals surface area contributed by atoms with E-state index in [9.17, 15) is 13.6 Å². The highest BCUT2D eigenvalue weighted by Gasteiger charge is 2.53. The predicted molar refractivity (Wildman–Crippen MR) is 92.4 cm³/mol. The molecule has 3 rings (SSSR count). The number of hydrogen-bond acceptors (Lipinski definition) is 3. The Morgan fingerprint density at radius 2 is 1.76 bits per heavy atom. The monoisotopic (exact) mass is 351 g/mol. The predicted octanol–water partition coefficient (Wildman–Crippen LogP) is 2.78. The number of amides is 1. The number of halogens is 2. The number of aryl methyl sites for hydroxylation is 1. The summed E-state index contributed by atoms with van der Waals surface area (Å²) in [5, 5.41) is 0. The van der Waals surface area contributed by atoms with E-state index in [1.165, 1.54) is 4.90 Å². The Hall–Kier alpha value is -1.47. The highest BCUT2D eigenvalue weighted by atomic mass is 19.3. The minimum absolute atomic E-state index is 0.0581. The van der Waals surface area contributed by atoms with E-state index in [2.05, 4.69) is 0 Å². The van der Waals surface area contributed by atoms with Crippen molar-refractivity contribution in [3.05, 3.63) is 29.3 Å². The molecule has 7 heteroatoms. The van der Waals surface area contributed by atoms with Crippen LogP contribution in [0.4, 0.5) is 8.78 Å². The first-order valence-electron chi connectivity index (χ1n) is 8.56. The molecule has 25 heavy (non-hydrogen) atoms. The number of likely N-dealkylation sites (tertiary alicyclic amines) is 1. The van der Waals surface area contributed by atoms with Crippen LogP contribution in [0.2, 0.25) is 0 Å². The Bertz CT molecular complexity index is 690. The summed E-state index contributed by atoms with van der Waals surface area (Å²) in [6, 6.07) is 5.29. The van der Waals surface area contributed by atoms with Gasteiger partial charge in [-0.2, -0.15) is 0 Å². The number of alkyl halides is 2. The average Bonchev–Trinajstić information content (AvgIpc) is 2.94. The minimum Gasteiger partial charge on any atom is -0.399 e. The van der Waals surface area contributed by atoms with E-state index in [1.54, 1.807) is 12.1 Å². The fourth-order valence-corrected chi connectivity index (χ4v) is 3.22. The second kappa shape index (κ2) is 5.78. The second-order valence-electron chi connectivity index (χ2n) is 7.96. The van der Waals surface area contributed by atoms with Gasteiger partial charge in [0, 0.05) is 18.5 Å². The second-order valence-corrected chi connectivity index (χ2v) is 7.96. The number of carbonyl (C=O) groups is 1. The molecule has 0 aliphatic carbocycles. The molecule has 0 radical (unpaired) electrons. The van der Waals surface area contributed by atoms with Crippen molar-refractivity contribution >= 4 is 18.5 Å². The number of rotatable bonds is 2. The van der Waals surface area contributed by atoms with Crippen molar-refractivity contribution in [2.75, 3.05) is 13.1 Å². The van der Waals surface area contributed by atoms with E-state index >= 15 is 0 Å². The lowest BCUT2D eigenvalue weighted by Crippen LogP contribution is -2.43. The van der Waals surface area contributed by atoms with Crippen molar-refractivity contribution in [2.45, 2.75) is 58.2 Å². The molecule has 0 atom stereocenters. The maximum absolute atomic E-state index is 13.5. The molecule has 2 heterocycles. The third-order valence-corrected chi connectivity index (χ3v) is 5.50. The van der Waals surface area contributed by atoms with E-state index in [0.717, 1.165) is 5.56 Å². The van der Waals surface area contributed by atoms with Crippen LogP contribution in [0.15, 0.2) is 18.2 Å². The lowest BCUT2D eigenvalue weighted by atomic mass is 9.73. The highest BCUT2D eigenvalue weighted by Crippen LogP contribution is 2.37. The number of nitrogens with zero attached hydrogens (tertiary/aromatic N) is 1. The SMILES string of the molecule is Cc1cccc(C(=O)N2CCC(F)(F)C2)c1B1OC(C)(C)C(C)(C)O1. The Morgan fingerprint density at radius 3 is 2.28 bits per heavy atom. The summed E-state index contributed by atoms with van der Waals surface area (Å²) in [5.41, 5.74) is 0.759. The van der Waals surface area contributed by atoms with Crippen molar-refractivity contribution in [1.29, 1.82) is 0 Å². The highest BCUT2D eigenvalue weighted by molar-refractivity contribution is 6.64. The molecule has 1 aromatic rings. The van der Waals surface area contributed by atoms with Gasteiger partial charge in [0.05, 0.1) is 17.7 Å². The van der Waals surface area contributed by atoms with Crippen LogP contribution in [0.3, 0.4) is 0 Å². The van der Waals surface area contributed by atoms with Crippen molar-refractivity contribution < 1.29 is 22.9 Å². The van der Waals surface area contributed by atoms with Crippen molar-refractivity contribution in [3.63, 3.8) is 0 Å². The summed E-state index contributed by atoms with van der Waals surface area (Å²) in [7, 11) is -0.701. The van der Waals surface area contributed by atoms with Gasteiger partial charge in [0.25, 0.3) is 11.8 Å². The Morgan fingerprint density at radius 1 is 1.16 bits per heavy atom. The molecule has 1 amide bonds. The normalized spacial score (nSPS) is 24.0. The van der Waals surface area contributed by atoms with Crippen LogP contribution in [-0.4, -0.2) is 48.1 Å². The maximum atomic E-state index is 13.5. The molecule has 1 aromatic carbocycles. The number of benzene rings is 1. The molecule has 136 valence electrons. The molecule has 2 saturated heterocycles. The quantitative estimate of drug-likeness (QED) is 0.770. The van der Waals surface area contributed by atoms with Crippen molar-refractivity contribution in [2.24, 2.45) is 0 Å². The van der Waals surface area contributed by atoms with Crippen LogP contribution in [0.5, 0.6) is 0 Å². The van der Waals surface area contributed by atoms with E-state index in [1.807, 2.05) is 40.7 Å². The van der Waals surface area contributed by atoms with Crippen molar-refractivity contribution in [3.8, 4) is 0 Å². The first kappa shape index (κ1) is 18.3. The first-order valence-corrected chi connectivity index (χ1v) is 8.56. The van der Waals surface area contributed by atoms with E-state index in [4.69, 9.17) is 9.31 Å². The third-order valence-electron chi connectivity index (χ3n) is 5.50. The van der Waals surface area contributed by atoms with Gasteiger partial charge < -0.3 is 14.2 Å². The van der Waals surface area contributed by atoms with Crippen molar-refractivity contribution in [1.82, 2.24) is 4.90 Å². The molecule has 4 nitrogen and oxygen atoms in total. The summed E-state index contributed by atoms with van der Waals surface area (Å²) in [4.78, 5) is 14.1. The summed E-state index contributed by atoms with van der Waals surface area (Å²) in [6.45, 7) is 9.14. The van der Waals surface area contributed by atoms with Gasteiger partial charge in [0.1, 0.15) is 0 Å². The van der Waals surface area contributed by atoms with Gasteiger partial charge in [0.15, 0.2) is 0 Å². The van der Waals surface area contributed by atoms with Crippen LogP contribution in [0.25, 0.3) is 0 Å². The van der Waals surface area contributed by atoms with Gasteiger partial charge in [-0.15, -0.1) is 0 Å². The summed E-state index contributed by atoms with van der Waals surface area (Å²) in [6.07, 6.45) is -0.295. The smallest absolute Gasteiger partial charge is 0.399 e. The zero-order valence-electron chi connectivity index (χ0n) is 15.4. The van der Waals surface area contributed by atoms with Gasteiger partial charge >= 0.3 is 7.12 Å². The molecule has 0 aromatic heterocycles. The third kappa shape index (κ3) is 3.20. The Labute approximate surface area is 147 Å². The largest absolute Gasteiger partial charge is 0.495 e. The van der Waals surface area contributed by atoms with E-state index in [-0.39, 0.29) is 13.0 Å². The zero-order chi connectivity index (χ0) is 18.6. The molecule has 0 spiro atoms. The summed E-state index contributed by atoms with van der Waals surface area (Å²) >= 11 is 0. The topological polar surface area (TPSA) is 38.8 Å². The number of carbonyl (C=O) groups excluding carboxylic acids is 1. The van der Waals surface area contributed by atoms with Gasteiger partial charge in [-0.25, -0.2) is 8.78 Å². The summed E-state index contributed by atoms with van der Waals surface area (Å²) < 4.78 is 39.2. The molecular weight excluding hydrogens is 327 g/mol. The summed E-state index contributed by atoms with van der Waals surface area (Å²) in [5.74, 6) is -3.21. The Balaban J connectivity index is 1.95. The maximum Gasteiger partial charge on any atom is 0.495 e. The molecule has 2 aliphatic rings. The molecule has 0 saturated carbocycles. The van der Waals surface area contributed by atoms with E-state index in [0.29, 0.717) is 11.0 Å². The van der Waals surface area contributed by atoms with Crippen LogP contribution in [0, 0.1) is 6.92 Å². The minimum atomic E-state index is -2.82. The lowest BCUT2D eigenvalue weighted by Gasteiger charge is -2.32. The van der Waals surface area contributed by atoms with Gasteiger partial charge in [-0.05, 0) is 46.1 Å².